The Morgan fingerprint density at radius 3 is 3.00 bits per heavy atom. The maximum atomic E-state index is 11.7. The van der Waals surface area contributed by atoms with Crippen LogP contribution in [0.1, 0.15) is 12.5 Å². The number of hydrogen-bond donors (Lipinski definition) is 2. The number of carbonyl (C=O) groups excluding carboxylic acids is 1. The number of rotatable bonds is 2. The first-order chi connectivity index (χ1) is 9.26. The fourth-order valence-electron chi connectivity index (χ4n) is 1.90. The van der Waals surface area contributed by atoms with E-state index in [9.17, 15) is 4.79 Å². The third-order valence-electron chi connectivity index (χ3n) is 2.75. The van der Waals surface area contributed by atoms with Gasteiger partial charge in [0, 0.05) is 6.54 Å². The van der Waals surface area contributed by atoms with E-state index in [0.717, 1.165) is 11.3 Å². The van der Waals surface area contributed by atoms with Crippen molar-refractivity contribution in [2.45, 2.75) is 6.92 Å². The second-order valence-electron chi connectivity index (χ2n) is 4.07. The Hall–Kier alpha value is -2.50. The zero-order chi connectivity index (χ0) is 13.2. The summed E-state index contributed by atoms with van der Waals surface area (Å²) in [4.78, 5) is 15.8. The maximum Gasteiger partial charge on any atom is 0.274 e. The quantitative estimate of drug-likeness (QED) is 0.772. The van der Waals surface area contributed by atoms with Gasteiger partial charge < -0.3 is 14.8 Å². The summed E-state index contributed by atoms with van der Waals surface area (Å²) in [5, 5.41) is 5.59. The molecule has 0 bridgehead atoms. The number of hydrogen-bond acceptors (Lipinski definition) is 4. The molecule has 2 heterocycles. The Balaban J connectivity index is 1.86. The largest absolute Gasteiger partial charge is 0.454 e. The summed E-state index contributed by atoms with van der Waals surface area (Å²) < 4.78 is 10.5. The number of aliphatic imine (C=N–C) groups is 1. The topological polar surface area (TPSA) is 72.0 Å². The number of nitrogens with one attached hydrogen (secondary N) is 2. The first-order valence-electron chi connectivity index (χ1n) is 6.00. The van der Waals surface area contributed by atoms with Crippen LogP contribution in [-0.2, 0) is 4.79 Å². The van der Waals surface area contributed by atoms with Gasteiger partial charge in [-0.15, -0.1) is 0 Å². The van der Waals surface area contributed by atoms with Crippen molar-refractivity contribution in [1.82, 2.24) is 10.6 Å². The molecule has 0 unspecified atom stereocenters. The van der Waals surface area contributed by atoms with Gasteiger partial charge in [-0.05, 0) is 30.7 Å². The molecule has 3 rings (SSSR count). The summed E-state index contributed by atoms with van der Waals surface area (Å²) >= 11 is 0. The zero-order valence-corrected chi connectivity index (χ0v) is 10.4. The Bertz CT molecular complexity index is 593. The van der Waals surface area contributed by atoms with E-state index in [1.807, 2.05) is 25.1 Å². The molecule has 98 valence electrons. The smallest absolute Gasteiger partial charge is 0.274 e. The summed E-state index contributed by atoms with van der Waals surface area (Å²) in [7, 11) is 0. The molecule has 2 aliphatic rings. The standard InChI is InChI=1S/C13H13N3O3/c1-2-14-13-15-9(12(17)16-13)5-8-3-4-10-11(6-8)19-7-18-10/h3-6H,2,7H2,1H3,(H2,14,15,16,17)/b9-5-. The van der Waals surface area contributed by atoms with E-state index in [1.165, 1.54) is 0 Å². The van der Waals surface area contributed by atoms with Gasteiger partial charge in [0.05, 0.1) is 0 Å². The molecule has 19 heavy (non-hydrogen) atoms. The van der Waals surface area contributed by atoms with Gasteiger partial charge in [-0.1, -0.05) is 6.07 Å². The van der Waals surface area contributed by atoms with Crippen LogP contribution in [0.3, 0.4) is 0 Å². The van der Waals surface area contributed by atoms with E-state index in [4.69, 9.17) is 9.47 Å². The normalized spacial score (nSPS) is 20.8. The lowest BCUT2D eigenvalue weighted by atomic mass is 10.1. The van der Waals surface area contributed by atoms with Crippen molar-refractivity contribution < 1.29 is 14.3 Å². The van der Waals surface area contributed by atoms with Gasteiger partial charge in [0.2, 0.25) is 12.8 Å². The Morgan fingerprint density at radius 2 is 2.16 bits per heavy atom. The first-order valence-corrected chi connectivity index (χ1v) is 6.00. The van der Waals surface area contributed by atoms with Gasteiger partial charge in [-0.3, -0.25) is 15.1 Å². The predicted octanol–water partition coefficient (Wildman–Crippen LogP) is 0.851. The van der Waals surface area contributed by atoms with Crippen LogP contribution in [-0.4, -0.2) is 25.2 Å². The Morgan fingerprint density at radius 1 is 1.32 bits per heavy atom. The minimum absolute atomic E-state index is 0.190. The van der Waals surface area contributed by atoms with Gasteiger partial charge in [0.1, 0.15) is 5.70 Å². The summed E-state index contributed by atoms with van der Waals surface area (Å²) in [6.45, 7) is 2.75. The predicted molar refractivity (Wildman–Crippen MR) is 69.8 cm³/mol. The van der Waals surface area contributed by atoms with Crippen LogP contribution in [0.4, 0.5) is 0 Å². The molecule has 0 saturated carbocycles. The third kappa shape index (κ3) is 2.24. The minimum Gasteiger partial charge on any atom is -0.454 e. The third-order valence-corrected chi connectivity index (χ3v) is 2.75. The highest BCUT2D eigenvalue weighted by molar-refractivity contribution is 6.15. The van der Waals surface area contributed by atoms with Gasteiger partial charge in [-0.2, -0.15) is 0 Å². The van der Waals surface area contributed by atoms with E-state index in [-0.39, 0.29) is 12.7 Å². The molecule has 0 aromatic heterocycles. The second-order valence-corrected chi connectivity index (χ2v) is 4.07. The van der Waals surface area contributed by atoms with Crippen molar-refractivity contribution in [2.24, 2.45) is 4.99 Å². The van der Waals surface area contributed by atoms with E-state index < -0.39 is 0 Å². The van der Waals surface area contributed by atoms with Crippen LogP contribution in [0.5, 0.6) is 11.5 Å². The number of fused-ring (bicyclic) bond motifs is 1. The lowest BCUT2D eigenvalue weighted by Gasteiger charge is -1.99. The SMILES string of the molecule is CCN=C1NC(=O)/C(=C/c2ccc3c(c2)OCO3)N1. The van der Waals surface area contributed by atoms with Crippen molar-refractivity contribution in [2.75, 3.05) is 13.3 Å². The fourth-order valence-corrected chi connectivity index (χ4v) is 1.90. The highest BCUT2D eigenvalue weighted by atomic mass is 16.7. The van der Waals surface area contributed by atoms with Gasteiger partial charge >= 0.3 is 0 Å². The van der Waals surface area contributed by atoms with Crippen molar-refractivity contribution in [3.05, 3.63) is 29.5 Å². The lowest BCUT2D eigenvalue weighted by Crippen LogP contribution is -2.25. The number of guanidine groups is 1. The average molecular weight is 259 g/mol. The summed E-state index contributed by atoms with van der Waals surface area (Å²) in [5.41, 5.74) is 1.32. The number of ether oxygens (including phenoxy) is 2. The lowest BCUT2D eigenvalue weighted by molar-refractivity contribution is -0.115. The molecule has 0 radical (unpaired) electrons. The Kier molecular flexibility index (Phi) is 2.83. The van der Waals surface area contributed by atoms with Crippen LogP contribution >= 0.6 is 0 Å². The molecular weight excluding hydrogens is 246 g/mol. The van der Waals surface area contributed by atoms with E-state index in [1.54, 1.807) is 6.08 Å². The second kappa shape index (κ2) is 4.64. The molecule has 1 fully saturated rings. The molecule has 0 aliphatic carbocycles. The van der Waals surface area contributed by atoms with Gasteiger partial charge in [0.15, 0.2) is 11.5 Å². The molecule has 1 aromatic carbocycles. The van der Waals surface area contributed by atoms with Crippen molar-refractivity contribution in [1.29, 1.82) is 0 Å². The molecule has 1 saturated heterocycles. The minimum atomic E-state index is -0.190. The number of carbonyl (C=O) groups is 1. The van der Waals surface area contributed by atoms with Crippen molar-refractivity contribution in [3.8, 4) is 11.5 Å². The van der Waals surface area contributed by atoms with Crippen LogP contribution in [0.15, 0.2) is 28.9 Å². The Labute approximate surface area is 110 Å². The molecule has 1 amide bonds. The molecule has 0 atom stereocenters. The zero-order valence-electron chi connectivity index (χ0n) is 10.4. The van der Waals surface area contributed by atoms with Gasteiger partial charge in [0.25, 0.3) is 5.91 Å². The van der Waals surface area contributed by atoms with Crippen LogP contribution < -0.4 is 20.1 Å². The van der Waals surface area contributed by atoms with E-state index in [0.29, 0.717) is 24.0 Å². The summed E-state index contributed by atoms with van der Waals surface area (Å²) in [6.07, 6.45) is 1.75. The molecular formula is C13H13N3O3. The number of amides is 1. The monoisotopic (exact) mass is 259 g/mol. The maximum absolute atomic E-state index is 11.7. The van der Waals surface area contributed by atoms with Crippen LogP contribution in [0, 0.1) is 0 Å². The van der Waals surface area contributed by atoms with Gasteiger partial charge in [-0.25, -0.2) is 0 Å². The molecule has 1 aromatic rings. The fraction of sp³-hybridized carbons (Fsp3) is 0.231. The summed E-state index contributed by atoms with van der Waals surface area (Å²) in [5.74, 6) is 1.71. The average Bonchev–Trinajstić information content (AvgIpc) is 2.97. The highest BCUT2D eigenvalue weighted by Crippen LogP contribution is 2.33. The highest BCUT2D eigenvalue weighted by Gasteiger charge is 2.21. The van der Waals surface area contributed by atoms with Crippen molar-refractivity contribution in [3.63, 3.8) is 0 Å². The molecule has 6 nitrogen and oxygen atoms in total. The first kappa shape index (κ1) is 11.6. The molecule has 6 heteroatoms. The number of nitrogens with zero attached hydrogens (tertiary/aromatic N) is 1. The molecule has 2 N–H and O–H groups in total. The van der Waals surface area contributed by atoms with Crippen LogP contribution in [0.25, 0.3) is 6.08 Å². The molecule has 0 spiro atoms. The van der Waals surface area contributed by atoms with Crippen LogP contribution in [0.2, 0.25) is 0 Å². The van der Waals surface area contributed by atoms with E-state index in [2.05, 4.69) is 15.6 Å². The summed E-state index contributed by atoms with van der Waals surface area (Å²) in [6, 6.07) is 5.52. The van der Waals surface area contributed by atoms with Crippen molar-refractivity contribution >= 4 is 17.9 Å². The van der Waals surface area contributed by atoms with E-state index >= 15 is 0 Å². The number of benzene rings is 1. The molecule has 2 aliphatic heterocycles.